The molecule has 0 fully saturated rings. The second-order valence-corrected chi connectivity index (χ2v) is 5.06. The number of carbonyl (C=O) groups excluding carboxylic acids is 1. The monoisotopic (exact) mass is 311 g/mol. The first-order valence-electron chi connectivity index (χ1n) is 5.44. The quantitative estimate of drug-likeness (QED) is 0.637. The van der Waals surface area contributed by atoms with Gasteiger partial charge in [0.25, 0.3) is 5.56 Å². The predicted molar refractivity (Wildman–Crippen MR) is 77.2 cm³/mol. The molecule has 0 unspecified atom stereocenters. The predicted octanol–water partition coefficient (Wildman–Crippen LogP) is 0.736. The lowest BCUT2D eigenvalue weighted by molar-refractivity contribution is -0.113. The average Bonchev–Trinajstić information content (AvgIpc) is 2.40. The van der Waals surface area contributed by atoms with E-state index in [9.17, 15) is 9.59 Å². The number of benzene rings is 1. The molecule has 0 spiro atoms. The lowest BCUT2D eigenvalue weighted by atomic mass is 10.3. The number of carbonyl (C=O) groups is 1. The number of hydrogen-bond acceptors (Lipinski definition) is 6. The van der Waals surface area contributed by atoms with E-state index in [1.807, 2.05) is 0 Å². The summed E-state index contributed by atoms with van der Waals surface area (Å²) >= 11 is 6.82. The van der Waals surface area contributed by atoms with E-state index in [2.05, 4.69) is 15.5 Å². The van der Waals surface area contributed by atoms with Gasteiger partial charge < -0.3 is 11.2 Å². The number of halogens is 1. The van der Waals surface area contributed by atoms with Crippen molar-refractivity contribution >= 4 is 35.0 Å². The molecule has 0 saturated carbocycles. The van der Waals surface area contributed by atoms with Crippen molar-refractivity contribution in [1.29, 1.82) is 0 Å². The third kappa shape index (κ3) is 3.72. The standard InChI is InChI=1S/C11H10ClN5O2S/c12-7-2-1-3-8(4-7)15-9(18)6-20-11-16-14-5-10(19)17(11)13/h1-5H,6,13H2,(H,15,18). The van der Waals surface area contributed by atoms with Crippen LogP contribution in [0.1, 0.15) is 0 Å². The molecule has 3 N–H and O–H groups in total. The molecule has 20 heavy (non-hydrogen) atoms. The smallest absolute Gasteiger partial charge is 0.291 e. The largest absolute Gasteiger partial charge is 0.334 e. The van der Waals surface area contributed by atoms with E-state index in [-0.39, 0.29) is 16.8 Å². The van der Waals surface area contributed by atoms with Crippen LogP contribution in [0.4, 0.5) is 5.69 Å². The molecular formula is C11H10ClN5O2S. The summed E-state index contributed by atoms with van der Waals surface area (Å²) in [5.41, 5.74) is 0.102. The molecule has 9 heteroatoms. The maximum atomic E-state index is 11.7. The number of amides is 1. The highest BCUT2D eigenvalue weighted by molar-refractivity contribution is 7.99. The van der Waals surface area contributed by atoms with Crippen LogP contribution < -0.4 is 16.7 Å². The van der Waals surface area contributed by atoms with Gasteiger partial charge in [0, 0.05) is 10.7 Å². The third-order valence-electron chi connectivity index (χ3n) is 2.20. The molecule has 7 nitrogen and oxygen atoms in total. The lowest BCUT2D eigenvalue weighted by Gasteiger charge is -2.06. The second-order valence-electron chi connectivity index (χ2n) is 3.68. The summed E-state index contributed by atoms with van der Waals surface area (Å²) in [6.45, 7) is 0. The zero-order valence-electron chi connectivity index (χ0n) is 10.1. The van der Waals surface area contributed by atoms with Gasteiger partial charge in [-0.05, 0) is 18.2 Å². The Morgan fingerprint density at radius 2 is 2.30 bits per heavy atom. The van der Waals surface area contributed by atoms with Crippen LogP contribution in [0.3, 0.4) is 0 Å². The number of nitrogens with zero attached hydrogens (tertiary/aromatic N) is 3. The minimum Gasteiger partial charge on any atom is -0.334 e. The topological polar surface area (TPSA) is 103 Å². The minimum atomic E-state index is -0.488. The van der Waals surface area contributed by atoms with Crippen molar-refractivity contribution in [2.24, 2.45) is 0 Å². The molecule has 0 aliphatic carbocycles. The summed E-state index contributed by atoms with van der Waals surface area (Å²) < 4.78 is 0.838. The Kier molecular flexibility index (Phi) is 4.59. The molecule has 2 aromatic rings. The Balaban J connectivity index is 1.96. The van der Waals surface area contributed by atoms with E-state index in [4.69, 9.17) is 17.4 Å². The van der Waals surface area contributed by atoms with Gasteiger partial charge in [0.05, 0.1) is 5.75 Å². The van der Waals surface area contributed by atoms with Gasteiger partial charge in [-0.1, -0.05) is 29.4 Å². The van der Waals surface area contributed by atoms with Gasteiger partial charge in [-0.25, -0.2) is 0 Å². The third-order valence-corrected chi connectivity index (χ3v) is 3.37. The van der Waals surface area contributed by atoms with Crippen LogP contribution >= 0.6 is 23.4 Å². The molecule has 0 atom stereocenters. The number of nitrogens with two attached hydrogens (primary N) is 1. The summed E-state index contributed by atoms with van der Waals surface area (Å²) in [7, 11) is 0. The number of aromatic nitrogens is 3. The molecule has 1 aromatic heterocycles. The zero-order valence-corrected chi connectivity index (χ0v) is 11.7. The maximum Gasteiger partial charge on any atom is 0.291 e. The van der Waals surface area contributed by atoms with Crippen LogP contribution in [0.15, 0.2) is 40.4 Å². The van der Waals surface area contributed by atoms with E-state index in [1.165, 1.54) is 0 Å². The maximum absolute atomic E-state index is 11.7. The Morgan fingerprint density at radius 3 is 3.05 bits per heavy atom. The first kappa shape index (κ1) is 14.4. The van der Waals surface area contributed by atoms with Gasteiger partial charge in [0.1, 0.15) is 6.20 Å². The molecule has 0 aliphatic rings. The Bertz CT molecular complexity index is 691. The first-order chi connectivity index (χ1) is 9.56. The van der Waals surface area contributed by atoms with Gasteiger partial charge in [-0.3, -0.25) is 9.59 Å². The van der Waals surface area contributed by atoms with Crippen LogP contribution in [-0.4, -0.2) is 26.5 Å². The van der Waals surface area contributed by atoms with Crippen molar-refractivity contribution in [2.75, 3.05) is 16.9 Å². The normalized spacial score (nSPS) is 10.2. The van der Waals surface area contributed by atoms with Crippen LogP contribution in [0.5, 0.6) is 0 Å². The highest BCUT2D eigenvalue weighted by atomic mass is 35.5. The van der Waals surface area contributed by atoms with Crippen molar-refractivity contribution in [3.05, 3.63) is 45.8 Å². The SMILES string of the molecule is Nn1c(SCC(=O)Nc2cccc(Cl)c2)nncc1=O. The van der Waals surface area contributed by atoms with Crippen molar-refractivity contribution in [3.8, 4) is 0 Å². The molecule has 0 saturated heterocycles. The number of rotatable bonds is 4. The summed E-state index contributed by atoms with van der Waals surface area (Å²) in [6, 6.07) is 6.78. The molecule has 2 rings (SSSR count). The Labute approximate surface area is 123 Å². The second kappa shape index (κ2) is 6.40. The van der Waals surface area contributed by atoms with E-state index in [0.29, 0.717) is 10.7 Å². The number of anilines is 1. The van der Waals surface area contributed by atoms with Gasteiger partial charge in [-0.2, -0.15) is 9.77 Å². The molecular weight excluding hydrogens is 302 g/mol. The Hall–Kier alpha value is -2.06. The first-order valence-corrected chi connectivity index (χ1v) is 6.80. The van der Waals surface area contributed by atoms with Crippen molar-refractivity contribution in [2.45, 2.75) is 5.16 Å². The van der Waals surface area contributed by atoms with Gasteiger partial charge >= 0.3 is 0 Å². The fourth-order valence-electron chi connectivity index (χ4n) is 1.32. The van der Waals surface area contributed by atoms with Crippen LogP contribution in [-0.2, 0) is 4.79 Å². The van der Waals surface area contributed by atoms with Crippen LogP contribution in [0.25, 0.3) is 0 Å². The van der Waals surface area contributed by atoms with Gasteiger partial charge in [0.2, 0.25) is 11.1 Å². The van der Waals surface area contributed by atoms with Gasteiger partial charge in [0.15, 0.2) is 0 Å². The Morgan fingerprint density at radius 1 is 1.50 bits per heavy atom. The highest BCUT2D eigenvalue weighted by Gasteiger charge is 2.08. The number of hydrogen-bond donors (Lipinski definition) is 2. The highest BCUT2D eigenvalue weighted by Crippen LogP contribution is 2.16. The van der Waals surface area contributed by atoms with Crippen molar-refractivity contribution in [1.82, 2.24) is 14.9 Å². The molecule has 1 aromatic carbocycles. The molecule has 0 bridgehead atoms. The summed E-state index contributed by atoms with van der Waals surface area (Å²) in [5.74, 6) is 5.25. The molecule has 1 heterocycles. The summed E-state index contributed by atoms with van der Waals surface area (Å²) in [5, 5.41) is 10.5. The summed E-state index contributed by atoms with van der Waals surface area (Å²) in [4.78, 5) is 23.0. The van der Waals surface area contributed by atoms with E-state index < -0.39 is 5.56 Å². The number of nitrogens with one attached hydrogen (secondary N) is 1. The summed E-state index contributed by atoms with van der Waals surface area (Å²) in [6.07, 6.45) is 0.996. The fraction of sp³-hybridized carbons (Fsp3) is 0.0909. The lowest BCUT2D eigenvalue weighted by Crippen LogP contribution is -2.30. The van der Waals surface area contributed by atoms with Crippen LogP contribution in [0.2, 0.25) is 5.02 Å². The van der Waals surface area contributed by atoms with Gasteiger partial charge in [-0.15, -0.1) is 5.10 Å². The number of thioether (sulfide) groups is 1. The molecule has 0 aliphatic heterocycles. The molecule has 1 amide bonds. The van der Waals surface area contributed by atoms with Crippen molar-refractivity contribution < 1.29 is 4.79 Å². The van der Waals surface area contributed by atoms with E-state index in [1.54, 1.807) is 24.3 Å². The molecule has 0 radical (unpaired) electrons. The fourth-order valence-corrected chi connectivity index (χ4v) is 2.18. The van der Waals surface area contributed by atoms with E-state index in [0.717, 1.165) is 22.6 Å². The zero-order chi connectivity index (χ0) is 14.5. The minimum absolute atomic E-state index is 0.0435. The van der Waals surface area contributed by atoms with Crippen LogP contribution in [0, 0.1) is 0 Å². The molecule has 104 valence electrons. The number of nitrogen functional groups attached to an aromatic ring is 1. The average molecular weight is 312 g/mol. The van der Waals surface area contributed by atoms with Crippen molar-refractivity contribution in [3.63, 3.8) is 0 Å². The van der Waals surface area contributed by atoms with E-state index >= 15 is 0 Å².